The van der Waals surface area contributed by atoms with Crippen molar-refractivity contribution in [1.82, 2.24) is 4.90 Å². The average molecular weight is 389 g/mol. The van der Waals surface area contributed by atoms with Crippen LogP contribution < -0.4 is 16.0 Å². The summed E-state index contributed by atoms with van der Waals surface area (Å²) in [6, 6.07) is 7.59. The molecule has 0 unspecified atom stereocenters. The van der Waals surface area contributed by atoms with Gasteiger partial charge in [-0.1, -0.05) is 12.1 Å². The normalized spacial score (nSPS) is 22.0. The molecule has 7 heteroatoms. The zero-order valence-electron chi connectivity index (χ0n) is 17.3. The van der Waals surface area contributed by atoms with Gasteiger partial charge in [-0.2, -0.15) is 0 Å². The van der Waals surface area contributed by atoms with Crippen molar-refractivity contribution >= 4 is 23.2 Å². The number of likely N-dealkylation sites (tertiary alicyclic amines) is 1. The molecule has 1 aromatic rings. The molecule has 7 nitrogen and oxygen atoms in total. The van der Waals surface area contributed by atoms with E-state index in [0.717, 1.165) is 18.8 Å². The fourth-order valence-corrected chi connectivity index (χ4v) is 4.84. The van der Waals surface area contributed by atoms with Crippen LogP contribution in [0.5, 0.6) is 0 Å². The summed E-state index contributed by atoms with van der Waals surface area (Å²) in [7, 11) is 0. The molecule has 0 spiro atoms. The lowest BCUT2D eigenvalue weighted by atomic mass is 9.77. The minimum absolute atomic E-state index is 0.0131. The molecule has 2 heterocycles. The van der Waals surface area contributed by atoms with Crippen LogP contribution in [0.25, 0.3) is 0 Å². The maximum Gasteiger partial charge on any atom is 0.314 e. The third kappa shape index (κ3) is 4.15. The van der Waals surface area contributed by atoms with E-state index in [0.29, 0.717) is 31.7 Å². The van der Waals surface area contributed by atoms with Crippen molar-refractivity contribution in [3.05, 3.63) is 24.3 Å². The molecule has 2 saturated heterocycles. The summed E-state index contributed by atoms with van der Waals surface area (Å²) >= 11 is 0. The van der Waals surface area contributed by atoms with E-state index in [-0.39, 0.29) is 6.04 Å². The van der Waals surface area contributed by atoms with E-state index in [4.69, 9.17) is 10.5 Å². The van der Waals surface area contributed by atoms with Gasteiger partial charge in [0.15, 0.2) is 0 Å². The quantitative estimate of drug-likeness (QED) is 0.757. The Hall–Kier alpha value is -2.12. The van der Waals surface area contributed by atoms with Crippen LogP contribution in [-0.2, 0) is 14.3 Å². The largest absolute Gasteiger partial charge is 0.378 e. The fraction of sp³-hybridized carbons (Fsp3) is 0.619. The van der Waals surface area contributed by atoms with E-state index in [2.05, 4.69) is 10.2 Å². The van der Waals surface area contributed by atoms with Gasteiger partial charge in [-0.05, 0) is 52.7 Å². The first-order chi connectivity index (χ1) is 13.1. The SMILES string of the molecule is CC1(C)CC(N)CC(C)(C)N1C(=O)C(=O)Nc1ccccc1N1CCOCC1. The molecule has 0 atom stereocenters. The van der Waals surface area contributed by atoms with Crippen LogP contribution >= 0.6 is 0 Å². The number of nitrogens with zero attached hydrogens (tertiary/aromatic N) is 2. The Labute approximate surface area is 167 Å². The number of nitrogens with one attached hydrogen (secondary N) is 1. The van der Waals surface area contributed by atoms with Crippen LogP contribution in [0.3, 0.4) is 0 Å². The van der Waals surface area contributed by atoms with E-state index >= 15 is 0 Å². The number of rotatable bonds is 2. The van der Waals surface area contributed by atoms with E-state index in [1.807, 2.05) is 52.0 Å². The Morgan fingerprint density at radius 3 is 2.25 bits per heavy atom. The summed E-state index contributed by atoms with van der Waals surface area (Å²) in [6.07, 6.45) is 1.33. The van der Waals surface area contributed by atoms with E-state index in [1.165, 1.54) is 0 Å². The number of piperidine rings is 1. The van der Waals surface area contributed by atoms with Crippen LogP contribution in [-0.4, -0.2) is 60.1 Å². The average Bonchev–Trinajstić information content (AvgIpc) is 2.60. The number of hydrogen-bond donors (Lipinski definition) is 2. The second-order valence-electron chi connectivity index (χ2n) is 9.00. The number of carbonyl (C=O) groups is 2. The van der Waals surface area contributed by atoms with Gasteiger partial charge in [0.1, 0.15) is 0 Å². The lowest BCUT2D eigenvalue weighted by Crippen LogP contribution is -2.66. The molecule has 2 fully saturated rings. The second-order valence-corrected chi connectivity index (χ2v) is 9.00. The number of amides is 2. The molecule has 0 aromatic heterocycles. The van der Waals surface area contributed by atoms with Gasteiger partial charge in [0.05, 0.1) is 24.6 Å². The molecule has 154 valence electrons. The number of hydrogen-bond acceptors (Lipinski definition) is 5. The zero-order valence-corrected chi connectivity index (χ0v) is 17.3. The number of morpholine rings is 1. The standard InChI is InChI=1S/C21H32N4O3/c1-20(2)13-15(22)14-21(3,4)25(20)19(27)18(26)23-16-7-5-6-8-17(16)24-9-11-28-12-10-24/h5-8,15H,9-14,22H2,1-4H3,(H,23,26). The van der Waals surface area contributed by atoms with Crippen molar-refractivity contribution < 1.29 is 14.3 Å². The van der Waals surface area contributed by atoms with Crippen molar-refractivity contribution in [1.29, 1.82) is 0 Å². The molecule has 0 aliphatic carbocycles. The molecule has 0 bridgehead atoms. The number of para-hydroxylation sites is 2. The highest BCUT2D eigenvalue weighted by atomic mass is 16.5. The first-order valence-corrected chi connectivity index (χ1v) is 9.95. The van der Waals surface area contributed by atoms with Crippen molar-refractivity contribution in [2.45, 2.75) is 57.7 Å². The Morgan fingerprint density at radius 2 is 1.64 bits per heavy atom. The highest BCUT2D eigenvalue weighted by Crippen LogP contribution is 2.38. The van der Waals surface area contributed by atoms with Gasteiger partial charge in [0, 0.05) is 30.2 Å². The Balaban J connectivity index is 1.80. The van der Waals surface area contributed by atoms with Gasteiger partial charge in [-0.15, -0.1) is 0 Å². The monoisotopic (exact) mass is 388 g/mol. The number of nitrogens with two attached hydrogens (primary N) is 1. The Bertz CT molecular complexity index is 723. The highest BCUT2D eigenvalue weighted by Gasteiger charge is 2.48. The van der Waals surface area contributed by atoms with E-state index in [9.17, 15) is 9.59 Å². The third-order valence-corrected chi connectivity index (χ3v) is 5.64. The van der Waals surface area contributed by atoms with Gasteiger partial charge in [-0.25, -0.2) is 0 Å². The minimum Gasteiger partial charge on any atom is -0.378 e. The maximum atomic E-state index is 13.2. The van der Waals surface area contributed by atoms with Crippen LogP contribution in [0.2, 0.25) is 0 Å². The molecule has 1 aromatic carbocycles. The van der Waals surface area contributed by atoms with Gasteiger partial charge < -0.3 is 25.6 Å². The Kier molecular flexibility index (Phi) is 5.68. The zero-order chi connectivity index (χ0) is 20.5. The smallest absolute Gasteiger partial charge is 0.314 e. The molecule has 2 amide bonds. The predicted octanol–water partition coefficient (Wildman–Crippen LogP) is 1.97. The number of anilines is 2. The van der Waals surface area contributed by atoms with Crippen molar-refractivity contribution in [3.63, 3.8) is 0 Å². The van der Waals surface area contributed by atoms with Crippen LogP contribution in [0.1, 0.15) is 40.5 Å². The van der Waals surface area contributed by atoms with E-state index < -0.39 is 22.9 Å². The van der Waals surface area contributed by atoms with Crippen molar-refractivity contribution in [2.24, 2.45) is 5.73 Å². The minimum atomic E-state index is -0.614. The van der Waals surface area contributed by atoms with E-state index in [1.54, 1.807) is 4.90 Å². The maximum absolute atomic E-state index is 13.2. The summed E-state index contributed by atoms with van der Waals surface area (Å²) < 4.78 is 5.41. The molecule has 28 heavy (non-hydrogen) atoms. The highest BCUT2D eigenvalue weighted by molar-refractivity contribution is 6.40. The molecule has 3 rings (SSSR count). The summed E-state index contributed by atoms with van der Waals surface area (Å²) in [5.41, 5.74) is 6.78. The summed E-state index contributed by atoms with van der Waals surface area (Å²) in [6.45, 7) is 10.7. The number of benzene rings is 1. The van der Waals surface area contributed by atoms with Crippen LogP contribution in [0.15, 0.2) is 24.3 Å². The van der Waals surface area contributed by atoms with Crippen LogP contribution in [0.4, 0.5) is 11.4 Å². The molecule has 0 radical (unpaired) electrons. The van der Waals surface area contributed by atoms with Crippen molar-refractivity contribution in [2.75, 3.05) is 36.5 Å². The van der Waals surface area contributed by atoms with Gasteiger partial charge in [0.25, 0.3) is 0 Å². The number of carbonyl (C=O) groups excluding carboxylic acids is 2. The lowest BCUT2D eigenvalue weighted by Gasteiger charge is -2.54. The predicted molar refractivity (Wildman–Crippen MR) is 110 cm³/mol. The third-order valence-electron chi connectivity index (χ3n) is 5.64. The van der Waals surface area contributed by atoms with Crippen molar-refractivity contribution in [3.8, 4) is 0 Å². The number of ether oxygens (including phenoxy) is 1. The summed E-state index contributed by atoms with van der Waals surface area (Å²) in [5, 5.41) is 2.85. The first-order valence-electron chi connectivity index (χ1n) is 9.95. The molecule has 3 N–H and O–H groups in total. The van der Waals surface area contributed by atoms with Gasteiger partial charge in [-0.3, -0.25) is 9.59 Å². The van der Waals surface area contributed by atoms with Crippen LogP contribution in [0, 0.1) is 0 Å². The van der Waals surface area contributed by atoms with Gasteiger partial charge in [0.2, 0.25) is 0 Å². The summed E-state index contributed by atoms with van der Waals surface area (Å²) in [5.74, 6) is -1.13. The molecule has 2 aliphatic rings. The topological polar surface area (TPSA) is 87.9 Å². The fourth-order valence-electron chi connectivity index (χ4n) is 4.84. The first kappa shape index (κ1) is 20.6. The Morgan fingerprint density at radius 1 is 1.07 bits per heavy atom. The lowest BCUT2D eigenvalue weighted by molar-refractivity contribution is -0.156. The van der Waals surface area contributed by atoms with Gasteiger partial charge >= 0.3 is 11.8 Å². The molecule has 0 saturated carbocycles. The molecular formula is C21H32N4O3. The summed E-state index contributed by atoms with van der Waals surface area (Å²) in [4.78, 5) is 30.0. The molecular weight excluding hydrogens is 356 g/mol. The molecule has 2 aliphatic heterocycles. The second kappa shape index (κ2) is 7.72.